The van der Waals surface area contributed by atoms with Crippen LogP contribution < -0.4 is 16.0 Å². The van der Waals surface area contributed by atoms with Crippen molar-refractivity contribution in [3.63, 3.8) is 0 Å². The Morgan fingerprint density at radius 3 is 2.85 bits per heavy atom. The highest BCUT2D eigenvalue weighted by atomic mass is 19.1. The Morgan fingerprint density at radius 1 is 1.50 bits per heavy atom. The maximum absolute atomic E-state index is 13.1. The maximum atomic E-state index is 13.1. The second kappa shape index (κ2) is 5.45. The molecule has 0 atom stereocenters. The minimum Gasteiger partial charge on any atom is -0.434 e. The Hall–Kier alpha value is -2.81. The summed E-state index contributed by atoms with van der Waals surface area (Å²) in [6.45, 7) is 1.55. The number of rotatable bonds is 4. The van der Waals surface area contributed by atoms with Gasteiger partial charge in [-0.2, -0.15) is 4.98 Å². The summed E-state index contributed by atoms with van der Waals surface area (Å²) in [4.78, 5) is 17.6. The average Bonchev–Trinajstić information content (AvgIpc) is 2.42. The van der Waals surface area contributed by atoms with E-state index in [9.17, 15) is 14.5 Å². The minimum absolute atomic E-state index is 0.0376. The molecule has 0 saturated heterocycles. The molecule has 1 heterocycles. The predicted molar refractivity (Wildman–Crippen MR) is 67.7 cm³/mol. The van der Waals surface area contributed by atoms with Crippen LogP contribution in [0.4, 0.5) is 16.0 Å². The van der Waals surface area contributed by atoms with Crippen molar-refractivity contribution in [1.82, 2.24) is 9.97 Å². The van der Waals surface area contributed by atoms with E-state index in [2.05, 4.69) is 15.4 Å². The maximum Gasteiger partial charge on any atom is 0.349 e. The first kappa shape index (κ1) is 13.6. The van der Waals surface area contributed by atoms with Gasteiger partial charge in [0.05, 0.1) is 4.92 Å². The average molecular weight is 279 g/mol. The van der Waals surface area contributed by atoms with E-state index in [1.54, 1.807) is 6.92 Å². The van der Waals surface area contributed by atoms with Crippen molar-refractivity contribution in [2.75, 3.05) is 5.43 Å². The lowest BCUT2D eigenvalue weighted by Gasteiger charge is -2.07. The SMILES string of the molecule is Cc1cc(Oc2nc(NN)ncc2[N+](=O)[O-])ccc1F. The van der Waals surface area contributed by atoms with Crippen molar-refractivity contribution in [1.29, 1.82) is 0 Å². The number of aromatic nitrogens is 2. The molecule has 0 aliphatic heterocycles. The molecule has 1 aromatic carbocycles. The zero-order chi connectivity index (χ0) is 14.7. The van der Waals surface area contributed by atoms with E-state index < -0.39 is 16.4 Å². The van der Waals surface area contributed by atoms with Crippen LogP contribution in [0.3, 0.4) is 0 Å². The number of nitrogens with zero attached hydrogens (tertiary/aromatic N) is 3. The quantitative estimate of drug-likeness (QED) is 0.498. The van der Waals surface area contributed by atoms with Crippen molar-refractivity contribution < 1.29 is 14.1 Å². The number of nitrogens with two attached hydrogens (primary N) is 1. The Kier molecular flexibility index (Phi) is 3.71. The number of nitrogen functional groups attached to an aromatic ring is 1. The van der Waals surface area contributed by atoms with Gasteiger partial charge in [0.15, 0.2) is 0 Å². The van der Waals surface area contributed by atoms with Crippen LogP contribution in [0, 0.1) is 22.9 Å². The molecule has 20 heavy (non-hydrogen) atoms. The minimum atomic E-state index is -0.688. The van der Waals surface area contributed by atoms with E-state index in [1.165, 1.54) is 18.2 Å². The van der Waals surface area contributed by atoms with Crippen molar-refractivity contribution in [2.45, 2.75) is 6.92 Å². The van der Waals surface area contributed by atoms with Gasteiger partial charge in [-0.15, -0.1) is 0 Å². The van der Waals surface area contributed by atoms with Gasteiger partial charge in [-0.3, -0.25) is 15.5 Å². The Morgan fingerprint density at radius 2 is 2.25 bits per heavy atom. The second-order valence-corrected chi connectivity index (χ2v) is 3.80. The van der Waals surface area contributed by atoms with Gasteiger partial charge >= 0.3 is 11.6 Å². The van der Waals surface area contributed by atoms with E-state index in [4.69, 9.17) is 10.6 Å². The summed E-state index contributed by atoms with van der Waals surface area (Å²) >= 11 is 0. The summed E-state index contributed by atoms with van der Waals surface area (Å²) < 4.78 is 18.4. The number of nitrogens with one attached hydrogen (secondary N) is 1. The molecule has 9 heteroatoms. The van der Waals surface area contributed by atoms with Gasteiger partial charge in [0.25, 0.3) is 0 Å². The van der Waals surface area contributed by atoms with Crippen LogP contribution in [0.15, 0.2) is 24.4 Å². The summed E-state index contributed by atoms with van der Waals surface area (Å²) in [6, 6.07) is 3.93. The first-order valence-corrected chi connectivity index (χ1v) is 5.43. The molecule has 0 radical (unpaired) electrons. The molecule has 2 aromatic rings. The molecule has 0 saturated carbocycles. The van der Waals surface area contributed by atoms with Gasteiger partial charge in [-0.25, -0.2) is 15.2 Å². The van der Waals surface area contributed by atoms with Gasteiger partial charge in [0.1, 0.15) is 17.8 Å². The van der Waals surface area contributed by atoms with Crippen molar-refractivity contribution >= 4 is 11.6 Å². The number of hydrogen-bond acceptors (Lipinski definition) is 7. The van der Waals surface area contributed by atoms with Crippen LogP contribution in [-0.2, 0) is 0 Å². The first-order chi connectivity index (χ1) is 9.51. The molecule has 2 rings (SSSR count). The second-order valence-electron chi connectivity index (χ2n) is 3.80. The standard InChI is InChI=1S/C11H10FN5O3/c1-6-4-7(2-3-8(6)12)20-10-9(17(18)19)5-14-11(15-10)16-13/h2-5H,13H2,1H3,(H,14,15,16). The number of halogens is 1. The third-order valence-electron chi connectivity index (χ3n) is 2.41. The highest BCUT2D eigenvalue weighted by molar-refractivity contribution is 5.45. The lowest BCUT2D eigenvalue weighted by atomic mass is 10.2. The van der Waals surface area contributed by atoms with E-state index >= 15 is 0 Å². The highest BCUT2D eigenvalue weighted by Gasteiger charge is 2.19. The molecule has 0 aliphatic rings. The predicted octanol–water partition coefficient (Wildman–Crippen LogP) is 1.91. The topological polar surface area (TPSA) is 116 Å². The third kappa shape index (κ3) is 2.78. The molecular formula is C11H10FN5O3. The number of anilines is 1. The Bertz CT molecular complexity index is 665. The third-order valence-corrected chi connectivity index (χ3v) is 2.41. The fourth-order valence-corrected chi connectivity index (χ4v) is 1.42. The lowest BCUT2D eigenvalue weighted by Crippen LogP contribution is -2.11. The number of benzene rings is 1. The van der Waals surface area contributed by atoms with Gasteiger partial charge in [0.2, 0.25) is 5.95 Å². The summed E-state index contributed by atoms with van der Waals surface area (Å²) in [5.41, 5.74) is 2.07. The molecular weight excluding hydrogens is 269 g/mol. The summed E-state index contributed by atoms with van der Waals surface area (Å²) in [5.74, 6) is 4.62. The molecule has 8 nitrogen and oxygen atoms in total. The molecule has 0 spiro atoms. The largest absolute Gasteiger partial charge is 0.434 e. The van der Waals surface area contributed by atoms with Crippen molar-refractivity contribution in [2.24, 2.45) is 5.84 Å². The Labute approximate surface area is 112 Å². The molecule has 0 unspecified atom stereocenters. The monoisotopic (exact) mass is 279 g/mol. The van der Waals surface area contributed by atoms with Crippen LogP contribution in [0.2, 0.25) is 0 Å². The van der Waals surface area contributed by atoms with Crippen LogP contribution in [0.1, 0.15) is 5.56 Å². The van der Waals surface area contributed by atoms with Gasteiger partial charge in [0, 0.05) is 0 Å². The van der Waals surface area contributed by atoms with E-state index in [1.807, 2.05) is 0 Å². The molecule has 0 bridgehead atoms. The normalized spacial score (nSPS) is 10.2. The number of aryl methyl sites for hydroxylation is 1. The van der Waals surface area contributed by atoms with Crippen LogP contribution in [-0.4, -0.2) is 14.9 Å². The zero-order valence-electron chi connectivity index (χ0n) is 10.3. The number of nitro groups is 1. The van der Waals surface area contributed by atoms with E-state index in [-0.39, 0.29) is 17.6 Å². The van der Waals surface area contributed by atoms with Crippen molar-refractivity contribution in [3.05, 3.63) is 45.9 Å². The number of hydrazine groups is 1. The van der Waals surface area contributed by atoms with Gasteiger partial charge in [-0.05, 0) is 30.7 Å². The molecule has 0 amide bonds. The fourth-order valence-electron chi connectivity index (χ4n) is 1.42. The van der Waals surface area contributed by atoms with Crippen LogP contribution in [0.5, 0.6) is 11.6 Å². The smallest absolute Gasteiger partial charge is 0.349 e. The summed E-state index contributed by atoms with van der Waals surface area (Å²) in [5, 5.41) is 10.9. The van der Waals surface area contributed by atoms with Gasteiger partial charge < -0.3 is 4.74 Å². The zero-order valence-corrected chi connectivity index (χ0v) is 10.3. The van der Waals surface area contributed by atoms with Crippen LogP contribution in [0.25, 0.3) is 0 Å². The number of hydrogen-bond donors (Lipinski definition) is 2. The van der Waals surface area contributed by atoms with Gasteiger partial charge in [-0.1, -0.05) is 0 Å². The molecule has 3 N–H and O–H groups in total. The highest BCUT2D eigenvalue weighted by Crippen LogP contribution is 2.30. The lowest BCUT2D eigenvalue weighted by molar-refractivity contribution is -0.386. The number of ether oxygens (including phenoxy) is 1. The van der Waals surface area contributed by atoms with Crippen molar-refractivity contribution in [3.8, 4) is 11.6 Å². The molecule has 1 aromatic heterocycles. The summed E-state index contributed by atoms with van der Waals surface area (Å²) in [6.07, 6.45) is 0.966. The first-order valence-electron chi connectivity index (χ1n) is 5.43. The molecule has 0 fully saturated rings. The Balaban J connectivity index is 2.40. The fraction of sp³-hybridized carbons (Fsp3) is 0.0909. The summed E-state index contributed by atoms with van der Waals surface area (Å²) in [7, 11) is 0. The van der Waals surface area contributed by atoms with Crippen LogP contribution >= 0.6 is 0 Å². The molecule has 104 valence electrons. The van der Waals surface area contributed by atoms with E-state index in [0.29, 0.717) is 5.56 Å². The molecule has 0 aliphatic carbocycles. The van der Waals surface area contributed by atoms with E-state index in [0.717, 1.165) is 6.20 Å².